The van der Waals surface area contributed by atoms with Crippen molar-refractivity contribution in [2.24, 2.45) is 0 Å². The smallest absolute Gasteiger partial charge is 0.307 e. The zero-order chi connectivity index (χ0) is 15.3. The van der Waals surface area contributed by atoms with Crippen molar-refractivity contribution in [3.05, 3.63) is 0 Å². The summed E-state index contributed by atoms with van der Waals surface area (Å²) in [6.07, 6.45) is 6.55. The molecule has 4 heteroatoms. The summed E-state index contributed by atoms with van der Waals surface area (Å²) in [5.41, 5.74) is 0.0480. The Hall–Kier alpha value is -0.610. The van der Waals surface area contributed by atoms with Crippen LogP contribution in [0.2, 0.25) is 0 Å². The average Bonchev–Trinajstić information content (AvgIpc) is 2.89. The molecular weight excluding hydrogens is 264 g/mol. The maximum atomic E-state index is 12.1. The second kappa shape index (κ2) is 7.59. The van der Waals surface area contributed by atoms with Crippen LogP contribution >= 0.6 is 0 Å². The summed E-state index contributed by atoms with van der Waals surface area (Å²) in [6, 6.07) is 0.599. The molecule has 1 unspecified atom stereocenters. The van der Waals surface area contributed by atoms with E-state index in [1.807, 2.05) is 6.92 Å². The molecule has 0 saturated carbocycles. The van der Waals surface area contributed by atoms with Crippen LogP contribution in [0, 0.1) is 0 Å². The van der Waals surface area contributed by atoms with Crippen LogP contribution < -0.4 is 0 Å². The third kappa shape index (κ3) is 4.19. The molecule has 0 bridgehead atoms. The van der Waals surface area contributed by atoms with Gasteiger partial charge in [-0.1, -0.05) is 0 Å². The van der Waals surface area contributed by atoms with Gasteiger partial charge >= 0.3 is 5.97 Å². The van der Waals surface area contributed by atoms with E-state index < -0.39 is 0 Å². The van der Waals surface area contributed by atoms with Gasteiger partial charge in [-0.2, -0.15) is 0 Å². The minimum absolute atomic E-state index is 0.0117. The minimum atomic E-state index is -0.0117. The maximum absolute atomic E-state index is 12.1. The third-order valence-corrected chi connectivity index (χ3v) is 5.24. The van der Waals surface area contributed by atoms with Crippen LogP contribution in [0.1, 0.15) is 59.3 Å². The van der Waals surface area contributed by atoms with Crippen LogP contribution in [0.5, 0.6) is 0 Å². The summed E-state index contributed by atoms with van der Waals surface area (Å²) >= 11 is 0. The van der Waals surface area contributed by atoms with E-state index >= 15 is 0 Å². The molecule has 0 aromatic rings. The first kappa shape index (κ1) is 16.8. The molecule has 1 atom stereocenters. The van der Waals surface area contributed by atoms with Gasteiger partial charge in [-0.3, -0.25) is 9.69 Å². The Labute approximate surface area is 129 Å². The molecule has 0 aromatic carbocycles. The van der Waals surface area contributed by atoms with Crippen LogP contribution in [0.25, 0.3) is 0 Å². The zero-order valence-corrected chi connectivity index (χ0v) is 14.1. The molecule has 2 saturated heterocycles. The summed E-state index contributed by atoms with van der Waals surface area (Å²) < 4.78 is 5.27. The lowest BCUT2D eigenvalue weighted by Gasteiger charge is -2.41. The van der Waals surface area contributed by atoms with Crippen molar-refractivity contribution >= 4 is 5.97 Å². The van der Waals surface area contributed by atoms with Crippen LogP contribution in [-0.4, -0.2) is 60.1 Å². The molecule has 0 radical (unpaired) electrons. The molecule has 0 amide bonds. The first-order valence-corrected chi connectivity index (χ1v) is 8.72. The molecule has 4 nitrogen and oxygen atoms in total. The number of hydrogen-bond donors (Lipinski definition) is 0. The number of hydrogen-bond acceptors (Lipinski definition) is 4. The van der Waals surface area contributed by atoms with Crippen molar-refractivity contribution < 1.29 is 9.53 Å². The standard InChI is InChI=1S/C17H32N2O2/c1-4-21-16(20)14-17(19-11-5-6-12-19)8-7-10-18(13-9-17)15(2)3/h15H,4-14H2,1-3H3. The maximum Gasteiger partial charge on any atom is 0.307 e. The Kier molecular flexibility index (Phi) is 6.06. The second-order valence-corrected chi connectivity index (χ2v) is 6.88. The van der Waals surface area contributed by atoms with E-state index in [0.717, 1.165) is 39.0 Å². The van der Waals surface area contributed by atoms with Gasteiger partial charge in [-0.05, 0) is 72.5 Å². The highest BCUT2D eigenvalue weighted by atomic mass is 16.5. The van der Waals surface area contributed by atoms with E-state index in [0.29, 0.717) is 19.1 Å². The lowest BCUT2D eigenvalue weighted by molar-refractivity contribution is -0.146. The fourth-order valence-electron chi connectivity index (χ4n) is 3.99. The van der Waals surface area contributed by atoms with Crippen molar-refractivity contribution in [2.45, 2.75) is 70.9 Å². The van der Waals surface area contributed by atoms with Crippen LogP contribution in [0.3, 0.4) is 0 Å². The normalized spacial score (nSPS) is 28.8. The molecule has 0 N–H and O–H groups in total. The van der Waals surface area contributed by atoms with Gasteiger partial charge in [0, 0.05) is 18.1 Å². The Balaban J connectivity index is 2.09. The van der Waals surface area contributed by atoms with Crippen molar-refractivity contribution in [2.75, 3.05) is 32.8 Å². The van der Waals surface area contributed by atoms with E-state index in [9.17, 15) is 4.79 Å². The van der Waals surface area contributed by atoms with Gasteiger partial charge in [-0.25, -0.2) is 0 Å². The SMILES string of the molecule is CCOC(=O)CC1(N2CCCC2)CCCN(C(C)C)CC1. The number of rotatable bonds is 5. The van der Waals surface area contributed by atoms with Gasteiger partial charge in [0.1, 0.15) is 0 Å². The molecule has 122 valence electrons. The van der Waals surface area contributed by atoms with E-state index in [1.54, 1.807) is 0 Å². The van der Waals surface area contributed by atoms with Gasteiger partial charge in [0.2, 0.25) is 0 Å². The van der Waals surface area contributed by atoms with Gasteiger partial charge in [0.05, 0.1) is 13.0 Å². The molecule has 2 heterocycles. The lowest BCUT2D eigenvalue weighted by atomic mass is 9.85. The number of ether oxygens (including phenoxy) is 1. The van der Waals surface area contributed by atoms with Crippen molar-refractivity contribution in [1.82, 2.24) is 9.80 Å². The van der Waals surface area contributed by atoms with E-state index in [4.69, 9.17) is 4.74 Å². The van der Waals surface area contributed by atoms with Gasteiger partial charge in [-0.15, -0.1) is 0 Å². The average molecular weight is 296 g/mol. The molecule has 2 rings (SSSR count). The Morgan fingerprint density at radius 2 is 1.81 bits per heavy atom. The predicted molar refractivity (Wildman–Crippen MR) is 85.3 cm³/mol. The van der Waals surface area contributed by atoms with Crippen molar-refractivity contribution in [1.29, 1.82) is 0 Å². The molecular formula is C17H32N2O2. The highest BCUT2D eigenvalue weighted by Crippen LogP contribution is 2.35. The molecule has 21 heavy (non-hydrogen) atoms. The first-order valence-electron chi connectivity index (χ1n) is 8.72. The minimum Gasteiger partial charge on any atom is -0.466 e. The quantitative estimate of drug-likeness (QED) is 0.730. The van der Waals surface area contributed by atoms with Crippen molar-refractivity contribution in [3.63, 3.8) is 0 Å². The van der Waals surface area contributed by atoms with E-state index in [-0.39, 0.29) is 11.5 Å². The number of nitrogens with zero attached hydrogens (tertiary/aromatic N) is 2. The first-order chi connectivity index (χ1) is 10.1. The molecule has 2 aliphatic rings. The highest BCUT2D eigenvalue weighted by Gasteiger charge is 2.41. The Morgan fingerprint density at radius 3 is 2.43 bits per heavy atom. The Bertz CT molecular complexity index is 340. The molecule has 0 aliphatic carbocycles. The molecule has 2 aliphatic heterocycles. The number of carbonyl (C=O) groups excluding carboxylic acids is 1. The summed E-state index contributed by atoms with van der Waals surface area (Å²) in [5, 5.41) is 0. The Morgan fingerprint density at radius 1 is 1.10 bits per heavy atom. The predicted octanol–water partition coefficient (Wildman–Crippen LogP) is 2.67. The van der Waals surface area contributed by atoms with Crippen LogP contribution in [0.15, 0.2) is 0 Å². The fourth-order valence-corrected chi connectivity index (χ4v) is 3.99. The zero-order valence-electron chi connectivity index (χ0n) is 14.1. The monoisotopic (exact) mass is 296 g/mol. The van der Waals surface area contributed by atoms with Crippen LogP contribution in [0.4, 0.5) is 0 Å². The fraction of sp³-hybridized carbons (Fsp3) is 0.941. The van der Waals surface area contributed by atoms with Crippen LogP contribution in [-0.2, 0) is 9.53 Å². The number of esters is 1. The number of carbonyl (C=O) groups is 1. The summed E-state index contributed by atoms with van der Waals surface area (Å²) in [4.78, 5) is 17.3. The van der Waals surface area contributed by atoms with Crippen molar-refractivity contribution in [3.8, 4) is 0 Å². The number of likely N-dealkylation sites (tertiary alicyclic amines) is 2. The molecule has 2 fully saturated rings. The van der Waals surface area contributed by atoms with Gasteiger partial charge in [0.25, 0.3) is 0 Å². The second-order valence-electron chi connectivity index (χ2n) is 6.88. The largest absolute Gasteiger partial charge is 0.466 e. The highest BCUT2D eigenvalue weighted by molar-refractivity contribution is 5.71. The summed E-state index contributed by atoms with van der Waals surface area (Å²) in [6.45, 7) is 11.5. The molecule has 0 aromatic heterocycles. The lowest BCUT2D eigenvalue weighted by Crippen LogP contribution is -2.49. The molecule has 0 spiro atoms. The summed E-state index contributed by atoms with van der Waals surface area (Å²) in [5.74, 6) is -0.0117. The topological polar surface area (TPSA) is 32.8 Å². The van der Waals surface area contributed by atoms with E-state index in [1.165, 1.54) is 19.3 Å². The van der Waals surface area contributed by atoms with Gasteiger partial charge in [0.15, 0.2) is 0 Å². The third-order valence-electron chi connectivity index (χ3n) is 5.24. The summed E-state index contributed by atoms with van der Waals surface area (Å²) in [7, 11) is 0. The van der Waals surface area contributed by atoms with E-state index in [2.05, 4.69) is 23.6 Å². The van der Waals surface area contributed by atoms with Gasteiger partial charge < -0.3 is 9.64 Å².